The summed E-state index contributed by atoms with van der Waals surface area (Å²) in [5.74, 6) is 0.252. The second-order valence-electron chi connectivity index (χ2n) is 9.73. The molecule has 2 amide bonds. The van der Waals surface area contributed by atoms with Crippen molar-refractivity contribution >= 4 is 17.6 Å². The number of hydrogen-bond donors (Lipinski definition) is 1. The zero-order valence-corrected chi connectivity index (χ0v) is 20.6. The van der Waals surface area contributed by atoms with Crippen molar-refractivity contribution in [1.29, 1.82) is 0 Å². The molecule has 1 aliphatic heterocycles. The van der Waals surface area contributed by atoms with E-state index in [2.05, 4.69) is 32.5 Å². The molecule has 4 aromatic rings. The summed E-state index contributed by atoms with van der Waals surface area (Å²) < 4.78 is 8.16. The first kappa shape index (κ1) is 23.3. The van der Waals surface area contributed by atoms with Crippen LogP contribution in [0.4, 0.5) is 0 Å². The average Bonchev–Trinajstić information content (AvgIpc) is 3.46. The highest BCUT2D eigenvalue weighted by Gasteiger charge is 2.54. The second-order valence-corrected chi connectivity index (χ2v) is 9.73. The van der Waals surface area contributed by atoms with Gasteiger partial charge in [0.15, 0.2) is 0 Å². The third kappa shape index (κ3) is 4.15. The lowest BCUT2D eigenvalue weighted by Crippen LogP contribution is -2.52. The summed E-state index contributed by atoms with van der Waals surface area (Å²) in [6.07, 6.45) is 4.50. The van der Waals surface area contributed by atoms with Crippen LogP contribution in [0.25, 0.3) is 5.78 Å². The molecule has 9 nitrogen and oxygen atoms in total. The zero-order chi connectivity index (χ0) is 25.4. The number of piperidine rings is 1. The van der Waals surface area contributed by atoms with E-state index in [1.807, 2.05) is 47.4 Å². The Morgan fingerprint density at radius 2 is 1.81 bits per heavy atom. The standard InChI is InChI=1S/C28H28N6O3/c1-19(35)30-23-21-10-5-6-11-22(21)28(24(23)37-18-20-8-3-2-4-9-20)12-16-33(17-13-28)26(36)25-31-27-29-14-7-15-34(27)32-25/h2-11,14-15,23-24H,12-13,16-18H2,1H3,(H,30,35)/t23-,24+/m1/s1. The van der Waals surface area contributed by atoms with E-state index in [0.29, 0.717) is 38.3 Å². The minimum Gasteiger partial charge on any atom is -0.370 e. The van der Waals surface area contributed by atoms with Crippen molar-refractivity contribution in [3.05, 3.63) is 95.6 Å². The summed E-state index contributed by atoms with van der Waals surface area (Å²) in [7, 11) is 0. The first-order chi connectivity index (χ1) is 18.0. The average molecular weight is 497 g/mol. The topological polar surface area (TPSA) is 102 Å². The van der Waals surface area contributed by atoms with Gasteiger partial charge in [-0.1, -0.05) is 54.6 Å². The van der Waals surface area contributed by atoms with E-state index < -0.39 is 0 Å². The van der Waals surface area contributed by atoms with Crippen LogP contribution in [0.2, 0.25) is 0 Å². The summed E-state index contributed by atoms with van der Waals surface area (Å²) in [6, 6.07) is 19.8. The maximum atomic E-state index is 13.3. The smallest absolute Gasteiger partial charge is 0.293 e. The van der Waals surface area contributed by atoms with Crippen LogP contribution in [-0.2, 0) is 21.6 Å². The molecule has 1 spiro atoms. The number of ether oxygens (including phenoxy) is 1. The highest BCUT2D eigenvalue weighted by atomic mass is 16.5. The number of rotatable bonds is 5. The predicted molar refractivity (Wildman–Crippen MR) is 136 cm³/mol. The zero-order valence-electron chi connectivity index (χ0n) is 20.6. The Balaban J connectivity index is 1.28. The summed E-state index contributed by atoms with van der Waals surface area (Å²) >= 11 is 0. The molecule has 0 unspecified atom stereocenters. The summed E-state index contributed by atoms with van der Waals surface area (Å²) in [5.41, 5.74) is 3.02. The fraction of sp³-hybridized carbons (Fsp3) is 0.321. The number of amides is 2. The molecule has 37 heavy (non-hydrogen) atoms. The second kappa shape index (κ2) is 9.40. The van der Waals surface area contributed by atoms with Crippen LogP contribution in [0, 0.1) is 0 Å². The molecule has 2 aromatic heterocycles. The number of benzene rings is 2. The number of nitrogens with one attached hydrogen (secondary N) is 1. The van der Waals surface area contributed by atoms with Gasteiger partial charge in [-0.15, -0.1) is 5.10 Å². The summed E-state index contributed by atoms with van der Waals surface area (Å²) in [4.78, 5) is 35.8. The molecule has 0 saturated carbocycles. The van der Waals surface area contributed by atoms with Gasteiger partial charge in [-0.2, -0.15) is 4.98 Å². The van der Waals surface area contributed by atoms with Crippen molar-refractivity contribution in [1.82, 2.24) is 29.8 Å². The van der Waals surface area contributed by atoms with Gasteiger partial charge in [0.25, 0.3) is 11.7 Å². The predicted octanol–water partition coefficient (Wildman–Crippen LogP) is 3.07. The Labute approximate surface area is 214 Å². The number of carbonyl (C=O) groups is 2. The fourth-order valence-corrected chi connectivity index (χ4v) is 5.87. The molecule has 2 aromatic carbocycles. The quantitative estimate of drug-likeness (QED) is 0.456. The van der Waals surface area contributed by atoms with Crippen LogP contribution in [0.5, 0.6) is 0 Å². The number of nitrogens with zero attached hydrogens (tertiary/aromatic N) is 5. The van der Waals surface area contributed by atoms with Crippen LogP contribution in [0.3, 0.4) is 0 Å². The molecule has 9 heteroatoms. The van der Waals surface area contributed by atoms with Gasteiger partial charge in [0.1, 0.15) is 0 Å². The monoisotopic (exact) mass is 496 g/mol. The SMILES string of the molecule is CC(=O)N[C@@H]1c2ccccc2C2(CCN(C(=O)c3nc4ncccn4n3)CC2)[C@H]1OCc1ccccc1. The van der Waals surface area contributed by atoms with E-state index in [1.165, 1.54) is 10.1 Å². The van der Waals surface area contributed by atoms with Crippen molar-refractivity contribution in [3.63, 3.8) is 0 Å². The molecular weight excluding hydrogens is 468 g/mol. The number of likely N-dealkylation sites (tertiary alicyclic amines) is 1. The van der Waals surface area contributed by atoms with E-state index in [4.69, 9.17) is 4.74 Å². The molecule has 188 valence electrons. The van der Waals surface area contributed by atoms with Gasteiger partial charge in [0, 0.05) is 37.8 Å². The van der Waals surface area contributed by atoms with Crippen molar-refractivity contribution in [3.8, 4) is 0 Å². The largest absolute Gasteiger partial charge is 0.370 e. The molecule has 1 N–H and O–H groups in total. The molecule has 0 bridgehead atoms. The van der Waals surface area contributed by atoms with E-state index in [1.54, 1.807) is 25.4 Å². The van der Waals surface area contributed by atoms with Gasteiger partial charge in [0.2, 0.25) is 11.7 Å². The first-order valence-corrected chi connectivity index (χ1v) is 12.5. The first-order valence-electron chi connectivity index (χ1n) is 12.5. The van der Waals surface area contributed by atoms with Crippen LogP contribution in [-0.4, -0.2) is 55.5 Å². The molecule has 1 fully saturated rings. The van der Waals surface area contributed by atoms with Crippen molar-refractivity contribution in [2.75, 3.05) is 13.1 Å². The fourth-order valence-electron chi connectivity index (χ4n) is 5.87. The number of hydrogen-bond acceptors (Lipinski definition) is 6. The van der Waals surface area contributed by atoms with Crippen molar-refractivity contribution in [2.45, 2.75) is 43.9 Å². The number of carbonyl (C=O) groups excluding carboxylic acids is 2. The van der Waals surface area contributed by atoms with Crippen LogP contribution in [0.15, 0.2) is 73.1 Å². The number of fused-ring (bicyclic) bond motifs is 3. The lowest BCUT2D eigenvalue weighted by atomic mass is 9.71. The van der Waals surface area contributed by atoms with Gasteiger partial charge in [0.05, 0.1) is 18.8 Å². The number of aromatic nitrogens is 4. The Morgan fingerprint density at radius 1 is 1.05 bits per heavy atom. The Morgan fingerprint density at radius 3 is 2.57 bits per heavy atom. The molecule has 0 radical (unpaired) electrons. The third-order valence-electron chi connectivity index (χ3n) is 7.56. The summed E-state index contributed by atoms with van der Waals surface area (Å²) in [5, 5.41) is 7.47. The van der Waals surface area contributed by atoms with E-state index in [9.17, 15) is 9.59 Å². The van der Waals surface area contributed by atoms with E-state index in [-0.39, 0.29) is 35.2 Å². The van der Waals surface area contributed by atoms with Gasteiger partial charge >= 0.3 is 0 Å². The Bertz CT molecular complexity index is 1410. The van der Waals surface area contributed by atoms with E-state index >= 15 is 0 Å². The highest BCUT2D eigenvalue weighted by Crippen LogP contribution is 2.52. The molecular formula is C28H28N6O3. The van der Waals surface area contributed by atoms with Gasteiger partial charge in [-0.25, -0.2) is 9.50 Å². The lowest BCUT2D eigenvalue weighted by Gasteiger charge is -2.44. The van der Waals surface area contributed by atoms with Crippen LogP contribution >= 0.6 is 0 Å². The van der Waals surface area contributed by atoms with Crippen molar-refractivity contribution in [2.24, 2.45) is 0 Å². The molecule has 1 saturated heterocycles. The van der Waals surface area contributed by atoms with E-state index in [0.717, 1.165) is 11.1 Å². The maximum absolute atomic E-state index is 13.3. The normalized spacial score (nSPS) is 20.2. The molecule has 3 heterocycles. The minimum atomic E-state index is -0.330. The maximum Gasteiger partial charge on any atom is 0.293 e. The lowest BCUT2D eigenvalue weighted by molar-refractivity contribution is -0.122. The van der Waals surface area contributed by atoms with Gasteiger partial charge in [-0.3, -0.25) is 9.59 Å². The van der Waals surface area contributed by atoms with Gasteiger partial charge < -0.3 is 15.0 Å². The molecule has 6 rings (SSSR count). The Hall–Kier alpha value is -4.11. The minimum absolute atomic E-state index is 0.0932. The molecule has 1 aliphatic carbocycles. The highest BCUT2D eigenvalue weighted by molar-refractivity contribution is 5.91. The van der Waals surface area contributed by atoms with Crippen LogP contribution in [0.1, 0.15) is 53.1 Å². The molecule has 2 atom stereocenters. The van der Waals surface area contributed by atoms with Crippen molar-refractivity contribution < 1.29 is 14.3 Å². The third-order valence-corrected chi connectivity index (χ3v) is 7.56. The van der Waals surface area contributed by atoms with Gasteiger partial charge in [-0.05, 0) is 35.6 Å². The Kier molecular flexibility index (Phi) is 5.92. The molecule has 2 aliphatic rings. The van der Waals surface area contributed by atoms with Crippen LogP contribution < -0.4 is 5.32 Å². The summed E-state index contributed by atoms with van der Waals surface area (Å²) in [6.45, 7) is 3.06.